The number of carbonyl (C=O) groups excluding carboxylic acids is 1. The standard InChI is InChI=1S/C15H21N5O/c1-10-5-6-12(11(2)7-10)17-14(21)9-20-8-13(18-19-20)15(3,4)16/h5-8H,9,16H2,1-4H3,(H,17,21). The molecule has 0 fully saturated rings. The predicted octanol–water partition coefficient (Wildman–Crippen LogP) is 1.73. The van der Waals surface area contributed by atoms with E-state index in [0.717, 1.165) is 16.8 Å². The first-order valence-electron chi connectivity index (χ1n) is 6.82. The van der Waals surface area contributed by atoms with Crippen LogP contribution in [0.2, 0.25) is 0 Å². The van der Waals surface area contributed by atoms with Crippen LogP contribution in [-0.4, -0.2) is 20.9 Å². The van der Waals surface area contributed by atoms with Crippen molar-refractivity contribution in [1.82, 2.24) is 15.0 Å². The maximum Gasteiger partial charge on any atom is 0.246 e. The number of amides is 1. The first-order chi connectivity index (χ1) is 9.75. The molecule has 2 aromatic rings. The van der Waals surface area contributed by atoms with Gasteiger partial charge in [0.05, 0.1) is 11.7 Å². The topological polar surface area (TPSA) is 85.8 Å². The zero-order chi connectivity index (χ0) is 15.6. The first-order valence-corrected chi connectivity index (χ1v) is 6.82. The van der Waals surface area contributed by atoms with E-state index < -0.39 is 5.54 Å². The molecule has 6 heteroatoms. The van der Waals surface area contributed by atoms with Crippen LogP contribution in [0.1, 0.15) is 30.7 Å². The zero-order valence-corrected chi connectivity index (χ0v) is 12.8. The molecule has 0 radical (unpaired) electrons. The van der Waals surface area contributed by atoms with Crippen LogP contribution in [0, 0.1) is 13.8 Å². The summed E-state index contributed by atoms with van der Waals surface area (Å²) in [5.41, 5.74) is 9.04. The van der Waals surface area contributed by atoms with Crippen LogP contribution in [0.5, 0.6) is 0 Å². The van der Waals surface area contributed by atoms with Crippen molar-refractivity contribution in [2.45, 2.75) is 39.8 Å². The SMILES string of the molecule is Cc1ccc(NC(=O)Cn2cc(C(C)(C)N)nn2)c(C)c1. The van der Waals surface area contributed by atoms with E-state index in [1.165, 1.54) is 4.68 Å². The minimum Gasteiger partial charge on any atom is -0.324 e. The number of aromatic nitrogens is 3. The van der Waals surface area contributed by atoms with E-state index in [2.05, 4.69) is 15.6 Å². The Bertz CT molecular complexity index is 654. The molecule has 0 unspecified atom stereocenters. The number of rotatable bonds is 4. The van der Waals surface area contributed by atoms with Gasteiger partial charge in [0.15, 0.2) is 0 Å². The van der Waals surface area contributed by atoms with Gasteiger partial charge in [0.1, 0.15) is 12.2 Å². The molecule has 0 aliphatic heterocycles. The van der Waals surface area contributed by atoms with Crippen LogP contribution in [-0.2, 0) is 16.9 Å². The van der Waals surface area contributed by atoms with E-state index in [-0.39, 0.29) is 12.5 Å². The van der Waals surface area contributed by atoms with Crippen molar-refractivity contribution in [2.75, 3.05) is 5.32 Å². The summed E-state index contributed by atoms with van der Waals surface area (Å²) in [4.78, 5) is 12.0. The Morgan fingerprint density at radius 3 is 2.67 bits per heavy atom. The van der Waals surface area contributed by atoms with Crippen LogP contribution in [0.25, 0.3) is 0 Å². The highest BCUT2D eigenvalue weighted by Gasteiger charge is 2.18. The molecule has 2 rings (SSSR count). The Labute approximate surface area is 124 Å². The van der Waals surface area contributed by atoms with E-state index in [1.807, 2.05) is 45.9 Å². The lowest BCUT2D eigenvalue weighted by Crippen LogP contribution is -2.29. The summed E-state index contributed by atoms with van der Waals surface area (Å²) in [7, 11) is 0. The van der Waals surface area contributed by atoms with Gasteiger partial charge in [-0.1, -0.05) is 22.9 Å². The highest BCUT2D eigenvalue weighted by molar-refractivity contribution is 5.91. The van der Waals surface area contributed by atoms with E-state index in [1.54, 1.807) is 6.20 Å². The largest absolute Gasteiger partial charge is 0.324 e. The average molecular weight is 287 g/mol. The van der Waals surface area contributed by atoms with Gasteiger partial charge in [0, 0.05) is 5.69 Å². The van der Waals surface area contributed by atoms with Crippen molar-refractivity contribution in [2.24, 2.45) is 5.73 Å². The molecule has 1 amide bonds. The van der Waals surface area contributed by atoms with Crippen molar-refractivity contribution in [3.8, 4) is 0 Å². The maximum absolute atomic E-state index is 12.0. The molecule has 0 aliphatic carbocycles. The van der Waals surface area contributed by atoms with Gasteiger partial charge < -0.3 is 11.1 Å². The quantitative estimate of drug-likeness (QED) is 0.896. The van der Waals surface area contributed by atoms with Crippen molar-refractivity contribution < 1.29 is 4.79 Å². The Morgan fingerprint density at radius 2 is 2.10 bits per heavy atom. The fourth-order valence-corrected chi connectivity index (χ4v) is 1.96. The van der Waals surface area contributed by atoms with Gasteiger partial charge in [-0.25, -0.2) is 4.68 Å². The highest BCUT2D eigenvalue weighted by atomic mass is 16.2. The molecule has 0 aliphatic rings. The number of nitrogens with one attached hydrogen (secondary N) is 1. The van der Waals surface area contributed by atoms with Gasteiger partial charge in [0.2, 0.25) is 5.91 Å². The van der Waals surface area contributed by atoms with Gasteiger partial charge in [-0.3, -0.25) is 4.79 Å². The normalized spacial score (nSPS) is 11.5. The number of benzene rings is 1. The molecule has 0 saturated carbocycles. The number of carbonyl (C=O) groups is 1. The summed E-state index contributed by atoms with van der Waals surface area (Å²) in [6.45, 7) is 7.78. The number of hydrogen-bond donors (Lipinski definition) is 2. The zero-order valence-electron chi connectivity index (χ0n) is 12.8. The van der Waals surface area contributed by atoms with Crippen molar-refractivity contribution in [1.29, 1.82) is 0 Å². The third-order valence-corrected chi connectivity index (χ3v) is 3.16. The van der Waals surface area contributed by atoms with E-state index in [4.69, 9.17) is 5.73 Å². The van der Waals surface area contributed by atoms with E-state index in [0.29, 0.717) is 5.69 Å². The second-order valence-electron chi connectivity index (χ2n) is 5.89. The fourth-order valence-electron chi connectivity index (χ4n) is 1.96. The second kappa shape index (κ2) is 5.65. The number of aryl methyl sites for hydroxylation is 2. The van der Waals surface area contributed by atoms with Gasteiger partial charge in [-0.2, -0.15) is 0 Å². The van der Waals surface area contributed by atoms with Crippen molar-refractivity contribution >= 4 is 11.6 Å². The van der Waals surface area contributed by atoms with E-state index >= 15 is 0 Å². The van der Waals surface area contributed by atoms with Crippen molar-refractivity contribution in [3.63, 3.8) is 0 Å². The summed E-state index contributed by atoms with van der Waals surface area (Å²) < 4.78 is 1.49. The molecule has 0 bridgehead atoms. The average Bonchev–Trinajstić information content (AvgIpc) is 2.81. The predicted molar refractivity (Wildman–Crippen MR) is 81.8 cm³/mol. The monoisotopic (exact) mass is 287 g/mol. The number of hydrogen-bond acceptors (Lipinski definition) is 4. The summed E-state index contributed by atoms with van der Waals surface area (Å²) in [6.07, 6.45) is 1.70. The minimum atomic E-state index is -0.567. The molecule has 0 atom stereocenters. The lowest BCUT2D eigenvalue weighted by atomic mass is 10.0. The summed E-state index contributed by atoms with van der Waals surface area (Å²) in [6, 6.07) is 5.89. The smallest absolute Gasteiger partial charge is 0.246 e. The Balaban J connectivity index is 2.03. The molecule has 0 saturated heterocycles. The Morgan fingerprint density at radius 1 is 1.38 bits per heavy atom. The summed E-state index contributed by atoms with van der Waals surface area (Å²) in [5, 5.41) is 10.8. The first kappa shape index (κ1) is 15.2. The molecule has 21 heavy (non-hydrogen) atoms. The molecule has 112 valence electrons. The molecule has 3 N–H and O–H groups in total. The van der Waals surface area contributed by atoms with Gasteiger partial charge in [-0.05, 0) is 39.3 Å². The number of anilines is 1. The lowest BCUT2D eigenvalue weighted by molar-refractivity contribution is -0.116. The van der Waals surface area contributed by atoms with Gasteiger partial charge >= 0.3 is 0 Å². The molecule has 1 heterocycles. The van der Waals surface area contributed by atoms with Crippen LogP contribution in [0.15, 0.2) is 24.4 Å². The third kappa shape index (κ3) is 3.88. The van der Waals surface area contributed by atoms with Crippen LogP contribution in [0.3, 0.4) is 0 Å². The lowest BCUT2D eigenvalue weighted by Gasteiger charge is -2.13. The van der Waals surface area contributed by atoms with Crippen LogP contribution in [0.4, 0.5) is 5.69 Å². The maximum atomic E-state index is 12.0. The van der Waals surface area contributed by atoms with E-state index in [9.17, 15) is 4.79 Å². The molecular formula is C15H21N5O. The summed E-state index contributed by atoms with van der Waals surface area (Å²) >= 11 is 0. The van der Waals surface area contributed by atoms with Crippen LogP contribution < -0.4 is 11.1 Å². The second-order valence-corrected chi connectivity index (χ2v) is 5.89. The molecule has 1 aromatic carbocycles. The van der Waals surface area contributed by atoms with Crippen LogP contribution >= 0.6 is 0 Å². The molecule has 1 aromatic heterocycles. The number of nitrogens with zero attached hydrogens (tertiary/aromatic N) is 3. The molecule has 0 spiro atoms. The highest BCUT2D eigenvalue weighted by Crippen LogP contribution is 2.16. The molecule has 6 nitrogen and oxygen atoms in total. The summed E-state index contributed by atoms with van der Waals surface area (Å²) in [5.74, 6) is -0.145. The van der Waals surface area contributed by atoms with Gasteiger partial charge in [-0.15, -0.1) is 5.10 Å². The molecular weight excluding hydrogens is 266 g/mol. The Hall–Kier alpha value is -2.21. The third-order valence-electron chi connectivity index (χ3n) is 3.16. The van der Waals surface area contributed by atoms with Gasteiger partial charge in [0.25, 0.3) is 0 Å². The number of nitrogens with two attached hydrogens (primary N) is 1. The minimum absolute atomic E-state index is 0.108. The van der Waals surface area contributed by atoms with Crippen molar-refractivity contribution in [3.05, 3.63) is 41.2 Å². The Kier molecular flexibility index (Phi) is 4.09. The fraction of sp³-hybridized carbons (Fsp3) is 0.400.